The fourth-order valence-electron chi connectivity index (χ4n) is 4.18. The number of benzene rings is 2. The van der Waals surface area contributed by atoms with E-state index < -0.39 is 23.5 Å². The van der Waals surface area contributed by atoms with Crippen molar-refractivity contribution in [3.63, 3.8) is 0 Å². The van der Waals surface area contributed by atoms with E-state index in [1.165, 1.54) is 12.4 Å². The number of nitrogens with zero attached hydrogens (tertiary/aromatic N) is 2. The number of rotatable bonds is 8. The van der Waals surface area contributed by atoms with E-state index in [4.69, 9.17) is 11.6 Å². The lowest BCUT2D eigenvalue weighted by Gasteiger charge is -2.22. The summed E-state index contributed by atoms with van der Waals surface area (Å²) in [4.78, 5) is 46.9. The molecular weight excluding hydrogens is 487 g/mol. The third kappa shape index (κ3) is 5.89. The zero-order valence-corrected chi connectivity index (χ0v) is 20.4. The van der Waals surface area contributed by atoms with Crippen LogP contribution >= 0.6 is 11.6 Å². The highest BCUT2D eigenvalue weighted by molar-refractivity contribution is 6.34. The van der Waals surface area contributed by atoms with Gasteiger partial charge in [-0.2, -0.15) is 0 Å². The number of carbonyl (C=O) groups excluding carboxylic acids is 3. The Kier molecular flexibility index (Phi) is 7.97. The number of aromatic nitrogens is 2. The first kappa shape index (κ1) is 25.3. The van der Waals surface area contributed by atoms with Crippen LogP contribution in [0.4, 0.5) is 15.8 Å². The lowest BCUT2D eigenvalue weighted by molar-refractivity contribution is 0.0924. The third-order valence-corrected chi connectivity index (χ3v) is 6.37. The molecule has 3 aromatic rings. The second kappa shape index (κ2) is 11.3. The molecule has 1 atom stereocenters. The van der Waals surface area contributed by atoms with Crippen LogP contribution in [0.15, 0.2) is 48.8 Å². The van der Waals surface area contributed by atoms with E-state index in [9.17, 15) is 18.8 Å². The van der Waals surface area contributed by atoms with Gasteiger partial charge in [-0.1, -0.05) is 18.5 Å². The average Bonchev–Trinajstić information content (AvgIpc) is 3.53. The lowest BCUT2D eigenvalue weighted by Crippen LogP contribution is -2.40. The van der Waals surface area contributed by atoms with Crippen LogP contribution in [0.2, 0.25) is 5.02 Å². The SMILES string of the molecule is CCN1CCC[C@H]1CNC(=O)c1nc[nH]c1C(=O)Nc1ccc(NC(=O)c2ccc(F)cc2Cl)cc1. The van der Waals surface area contributed by atoms with Gasteiger partial charge in [0, 0.05) is 24.0 Å². The van der Waals surface area contributed by atoms with Crippen molar-refractivity contribution in [1.82, 2.24) is 20.2 Å². The van der Waals surface area contributed by atoms with Crippen LogP contribution < -0.4 is 16.0 Å². The van der Waals surface area contributed by atoms with Gasteiger partial charge in [-0.3, -0.25) is 19.3 Å². The fraction of sp³-hybridized carbons (Fsp3) is 0.280. The summed E-state index contributed by atoms with van der Waals surface area (Å²) in [6.45, 7) is 4.55. The minimum absolute atomic E-state index is 0.00159. The minimum Gasteiger partial charge on any atom is -0.349 e. The number of halogens is 2. The van der Waals surface area contributed by atoms with Crippen LogP contribution in [0, 0.1) is 5.82 Å². The van der Waals surface area contributed by atoms with E-state index in [0.717, 1.165) is 38.1 Å². The highest BCUT2D eigenvalue weighted by Gasteiger charge is 2.25. The first-order valence-corrected chi connectivity index (χ1v) is 12.0. The number of imidazole rings is 1. The molecule has 0 aliphatic carbocycles. The number of hydrogen-bond acceptors (Lipinski definition) is 5. The number of likely N-dealkylation sites (N-methyl/N-ethyl adjacent to an activating group) is 1. The van der Waals surface area contributed by atoms with E-state index in [1.54, 1.807) is 24.3 Å². The average molecular weight is 513 g/mol. The summed E-state index contributed by atoms with van der Waals surface area (Å²) < 4.78 is 13.2. The van der Waals surface area contributed by atoms with E-state index in [1.807, 2.05) is 0 Å². The van der Waals surface area contributed by atoms with Gasteiger partial charge in [0.25, 0.3) is 17.7 Å². The van der Waals surface area contributed by atoms with Gasteiger partial charge in [-0.25, -0.2) is 9.37 Å². The Labute approximate surface area is 212 Å². The number of likely N-dealkylation sites (tertiary alicyclic amines) is 1. The van der Waals surface area contributed by atoms with Gasteiger partial charge in [-0.15, -0.1) is 0 Å². The fourth-order valence-corrected chi connectivity index (χ4v) is 4.43. The summed E-state index contributed by atoms with van der Waals surface area (Å²) >= 11 is 5.94. The summed E-state index contributed by atoms with van der Waals surface area (Å²) in [5.74, 6) is -1.97. The first-order chi connectivity index (χ1) is 17.4. The normalized spacial score (nSPS) is 15.5. The molecular formula is C25H26ClFN6O3. The van der Waals surface area contributed by atoms with E-state index >= 15 is 0 Å². The number of H-pyrrole nitrogens is 1. The molecule has 11 heteroatoms. The quantitative estimate of drug-likeness (QED) is 0.365. The van der Waals surface area contributed by atoms with Crippen LogP contribution in [-0.4, -0.2) is 58.3 Å². The molecule has 1 aliphatic rings. The number of hydrogen-bond donors (Lipinski definition) is 4. The molecule has 0 bridgehead atoms. The maximum atomic E-state index is 13.2. The van der Waals surface area contributed by atoms with Gasteiger partial charge in [0.1, 0.15) is 11.5 Å². The van der Waals surface area contributed by atoms with Crippen molar-refractivity contribution in [2.45, 2.75) is 25.8 Å². The van der Waals surface area contributed by atoms with E-state index in [2.05, 4.69) is 37.7 Å². The molecule has 36 heavy (non-hydrogen) atoms. The van der Waals surface area contributed by atoms with Gasteiger partial charge in [-0.05, 0) is 68.4 Å². The van der Waals surface area contributed by atoms with Crippen molar-refractivity contribution in [3.05, 3.63) is 76.6 Å². The Morgan fingerprint density at radius 3 is 2.44 bits per heavy atom. The number of aromatic amines is 1. The van der Waals surface area contributed by atoms with Crippen LogP contribution in [0.25, 0.3) is 0 Å². The minimum atomic E-state index is -0.536. The monoisotopic (exact) mass is 512 g/mol. The summed E-state index contributed by atoms with van der Waals surface area (Å²) in [7, 11) is 0. The van der Waals surface area contributed by atoms with Gasteiger partial charge in [0.15, 0.2) is 5.69 Å². The number of nitrogens with one attached hydrogen (secondary N) is 4. The van der Waals surface area contributed by atoms with Crippen molar-refractivity contribution in [2.24, 2.45) is 0 Å². The number of anilines is 2. The van der Waals surface area contributed by atoms with Crippen molar-refractivity contribution >= 4 is 40.7 Å². The Morgan fingerprint density at radius 1 is 1.08 bits per heavy atom. The maximum Gasteiger partial charge on any atom is 0.274 e. The Morgan fingerprint density at radius 2 is 1.78 bits per heavy atom. The number of amides is 3. The molecule has 0 unspecified atom stereocenters. The zero-order valence-electron chi connectivity index (χ0n) is 19.6. The largest absolute Gasteiger partial charge is 0.349 e. The van der Waals surface area contributed by atoms with Gasteiger partial charge >= 0.3 is 0 Å². The maximum absolute atomic E-state index is 13.2. The molecule has 3 amide bonds. The van der Waals surface area contributed by atoms with Crippen molar-refractivity contribution in [3.8, 4) is 0 Å². The summed E-state index contributed by atoms with van der Waals surface area (Å²) in [5, 5.41) is 8.26. The van der Waals surface area contributed by atoms with Gasteiger partial charge < -0.3 is 20.9 Å². The van der Waals surface area contributed by atoms with Crippen molar-refractivity contribution in [1.29, 1.82) is 0 Å². The topological polar surface area (TPSA) is 119 Å². The molecule has 4 rings (SSSR count). The molecule has 188 valence electrons. The molecule has 2 heterocycles. The number of carbonyl (C=O) groups is 3. The molecule has 2 aromatic carbocycles. The van der Waals surface area contributed by atoms with Crippen molar-refractivity contribution < 1.29 is 18.8 Å². The Balaban J connectivity index is 1.35. The van der Waals surface area contributed by atoms with Crippen LogP contribution in [0.5, 0.6) is 0 Å². The van der Waals surface area contributed by atoms with Crippen LogP contribution in [0.3, 0.4) is 0 Å². The highest BCUT2D eigenvalue weighted by Crippen LogP contribution is 2.21. The molecule has 1 aliphatic heterocycles. The standard InChI is InChI=1S/C25H26ClFN6O3/c1-2-33-11-3-4-18(33)13-28-24(35)21-22(30-14-29-21)25(36)32-17-8-6-16(7-9-17)31-23(34)19-10-5-15(27)12-20(19)26/h5-10,12,14,18H,2-4,11,13H2,1H3,(H,28,35)(H,29,30)(H,31,34)(H,32,36)/t18-/m0/s1. The molecule has 9 nitrogen and oxygen atoms in total. The van der Waals surface area contributed by atoms with Gasteiger partial charge in [0.2, 0.25) is 0 Å². The Bertz CT molecular complexity index is 1260. The first-order valence-electron chi connectivity index (χ1n) is 11.6. The van der Waals surface area contributed by atoms with Crippen LogP contribution in [-0.2, 0) is 0 Å². The third-order valence-electron chi connectivity index (χ3n) is 6.06. The molecule has 0 saturated carbocycles. The molecule has 1 fully saturated rings. The summed E-state index contributed by atoms with van der Waals surface area (Å²) in [5.41, 5.74) is 1.11. The summed E-state index contributed by atoms with van der Waals surface area (Å²) in [6.07, 6.45) is 3.43. The Hall–Kier alpha value is -3.76. The van der Waals surface area contributed by atoms with E-state index in [0.29, 0.717) is 17.9 Å². The lowest BCUT2D eigenvalue weighted by atomic mass is 10.2. The smallest absolute Gasteiger partial charge is 0.274 e. The molecule has 4 N–H and O–H groups in total. The predicted octanol–water partition coefficient (Wildman–Crippen LogP) is 3.92. The zero-order chi connectivity index (χ0) is 25.7. The van der Waals surface area contributed by atoms with Gasteiger partial charge in [0.05, 0.1) is 16.9 Å². The predicted molar refractivity (Wildman–Crippen MR) is 135 cm³/mol. The van der Waals surface area contributed by atoms with Crippen molar-refractivity contribution in [2.75, 3.05) is 30.3 Å². The summed E-state index contributed by atoms with van der Waals surface area (Å²) in [6, 6.07) is 10.2. The van der Waals surface area contributed by atoms with E-state index in [-0.39, 0.29) is 28.0 Å². The second-order valence-corrected chi connectivity index (χ2v) is 8.78. The molecule has 1 saturated heterocycles. The molecule has 0 radical (unpaired) electrons. The second-order valence-electron chi connectivity index (χ2n) is 8.37. The van der Waals surface area contributed by atoms with Crippen LogP contribution in [0.1, 0.15) is 51.1 Å². The highest BCUT2D eigenvalue weighted by atomic mass is 35.5. The molecule has 0 spiro atoms. The molecule has 1 aromatic heterocycles.